The fourth-order valence-electron chi connectivity index (χ4n) is 2.52. The van der Waals surface area contributed by atoms with E-state index >= 15 is 0 Å². The first-order valence-corrected chi connectivity index (χ1v) is 6.36. The summed E-state index contributed by atoms with van der Waals surface area (Å²) < 4.78 is 7.52. The van der Waals surface area contributed by atoms with Crippen molar-refractivity contribution in [2.75, 3.05) is 13.2 Å². The molecule has 1 aromatic carbocycles. The molecule has 4 nitrogen and oxygen atoms in total. The van der Waals surface area contributed by atoms with Gasteiger partial charge in [-0.25, -0.2) is 4.98 Å². The molecule has 0 bridgehead atoms. The van der Waals surface area contributed by atoms with Gasteiger partial charge in [-0.2, -0.15) is 0 Å². The molecule has 0 amide bonds. The van der Waals surface area contributed by atoms with Crippen LogP contribution in [0.2, 0.25) is 0 Å². The number of imidazole rings is 1. The quantitative estimate of drug-likeness (QED) is 0.837. The predicted molar refractivity (Wildman–Crippen MR) is 69.7 cm³/mol. The fraction of sp³-hybridized carbons (Fsp3) is 0.500. The normalized spacial score (nSPS) is 24.6. The van der Waals surface area contributed by atoms with Crippen molar-refractivity contribution >= 4 is 11.0 Å². The molecule has 1 aliphatic rings. The number of fused-ring (bicyclic) bond motifs is 1. The Morgan fingerprint density at radius 2 is 2.11 bits per heavy atom. The van der Waals surface area contributed by atoms with Crippen molar-refractivity contribution in [1.82, 2.24) is 9.55 Å². The van der Waals surface area contributed by atoms with Crippen LogP contribution in [0, 0.1) is 13.8 Å². The summed E-state index contributed by atoms with van der Waals surface area (Å²) in [4.78, 5) is 4.43. The van der Waals surface area contributed by atoms with E-state index in [-0.39, 0.29) is 12.1 Å². The van der Waals surface area contributed by atoms with Gasteiger partial charge in [-0.1, -0.05) is 0 Å². The maximum absolute atomic E-state index is 10.1. The van der Waals surface area contributed by atoms with Gasteiger partial charge >= 0.3 is 0 Å². The summed E-state index contributed by atoms with van der Waals surface area (Å²) >= 11 is 0. The van der Waals surface area contributed by atoms with Crippen LogP contribution in [0.4, 0.5) is 0 Å². The topological polar surface area (TPSA) is 47.3 Å². The third-order valence-electron chi connectivity index (χ3n) is 3.84. The molecule has 0 radical (unpaired) electrons. The first kappa shape index (κ1) is 11.7. The van der Waals surface area contributed by atoms with Gasteiger partial charge in [-0.05, 0) is 43.5 Å². The van der Waals surface area contributed by atoms with Crippen molar-refractivity contribution in [2.45, 2.75) is 32.4 Å². The van der Waals surface area contributed by atoms with Crippen LogP contribution in [0.15, 0.2) is 18.5 Å². The lowest BCUT2D eigenvalue weighted by Gasteiger charge is -2.29. The Bertz CT molecular complexity index is 576. The summed E-state index contributed by atoms with van der Waals surface area (Å²) in [5.41, 5.74) is 4.55. The molecule has 18 heavy (non-hydrogen) atoms. The molecule has 1 saturated heterocycles. The van der Waals surface area contributed by atoms with Crippen LogP contribution in [0.3, 0.4) is 0 Å². The molecule has 96 valence electrons. The zero-order chi connectivity index (χ0) is 12.7. The summed E-state index contributed by atoms with van der Waals surface area (Å²) in [6.45, 7) is 5.38. The first-order chi connectivity index (χ1) is 8.66. The highest BCUT2D eigenvalue weighted by atomic mass is 16.5. The number of hydrogen-bond donors (Lipinski definition) is 1. The predicted octanol–water partition coefficient (Wildman–Crippen LogP) is 1.98. The Morgan fingerprint density at radius 3 is 2.89 bits per heavy atom. The highest BCUT2D eigenvalue weighted by molar-refractivity contribution is 5.77. The number of aromatic nitrogens is 2. The first-order valence-electron chi connectivity index (χ1n) is 6.36. The third-order valence-corrected chi connectivity index (χ3v) is 3.84. The number of aliphatic hydroxyl groups is 1. The van der Waals surface area contributed by atoms with E-state index in [1.54, 1.807) is 0 Å². The zero-order valence-electron chi connectivity index (χ0n) is 10.8. The van der Waals surface area contributed by atoms with Gasteiger partial charge in [0, 0.05) is 6.61 Å². The number of aryl methyl sites for hydroxylation is 2. The molecular formula is C14H18N2O2. The monoisotopic (exact) mass is 246 g/mol. The molecule has 1 fully saturated rings. The van der Waals surface area contributed by atoms with Crippen molar-refractivity contribution in [3.05, 3.63) is 29.6 Å². The molecule has 1 N–H and O–H groups in total. The molecule has 2 heterocycles. The Kier molecular flexibility index (Phi) is 2.84. The van der Waals surface area contributed by atoms with Gasteiger partial charge in [0.15, 0.2) is 0 Å². The maximum atomic E-state index is 10.1. The van der Waals surface area contributed by atoms with Crippen LogP contribution in [0.5, 0.6) is 0 Å². The van der Waals surface area contributed by atoms with Crippen LogP contribution < -0.4 is 0 Å². The van der Waals surface area contributed by atoms with Crippen LogP contribution >= 0.6 is 0 Å². The van der Waals surface area contributed by atoms with Crippen LogP contribution in [-0.2, 0) is 4.74 Å². The molecule has 0 saturated carbocycles. The standard InChI is InChI=1S/C14H18N2O2/c1-9-5-11-12(6-10(9)2)16(8-15-11)13-7-18-4-3-14(13)17/h5-6,8,13-14,17H,3-4,7H2,1-2H3. The number of hydrogen-bond acceptors (Lipinski definition) is 3. The summed E-state index contributed by atoms with van der Waals surface area (Å²) in [5, 5.41) is 10.1. The zero-order valence-corrected chi connectivity index (χ0v) is 10.8. The van der Waals surface area contributed by atoms with Crippen LogP contribution in [0.1, 0.15) is 23.6 Å². The van der Waals surface area contributed by atoms with Crippen molar-refractivity contribution in [2.24, 2.45) is 0 Å². The molecule has 2 atom stereocenters. The van der Waals surface area contributed by atoms with E-state index in [0.29, 0.717) is 19.6 Å². The molecule has 2 aromatic rings. The van der Waals surface area contributed by atoms with Crippen LogP contribution in [0.25, 0.3) is 11.0 Å². The Morgan fingerprint density at radius 1 is 1.33 bits per heavy atom. The van der Waals surface area contributed by atoms with Gasteiger partial charge in [0.2, 0.25) is 0 Å². The van der Waals surface area contributed by atoms with Gasteiger partial charge in [0.05, 0.1) is 36.1 Å². The summed E-state index contributed by atoms with van der Waals surface area (Å²) in [7, 11) is 0. The number of nitrogens with zero attached hydrogens (tertiary/aromatic N) is 2. The van der Waals surface area contributed by atoms with Gasteiger partial charge in [0.1, 0.15) is 0 Å². The van der Waals surface area contributed by atoms with Gasteiger partial charge in [-0.3, -0.25) is 0 Å². The summed E-state index contributed by atoms with van der Waals surface area (Å²) in [5.74, 6) is 0. The van der Waals surface area contributed by atoms with E-state index in [4.69, 9.17) is 4.74 Å². The number of aliphatic hydroxyl groups excluding tert-OH is 1. The SMILES string of the molecule is Cc1cc2ncn(C3COCCC3O)c2cc1C. The Hall–Kier alpha value is -1.39. The number of ether oxygens (including phenoxy) is 1. The molecular weight excluding hydrogens is 228 g/mol. The van der Waals surface area contributed by atoms with Gasteiger partial charge < -0.3 is 14.4 Å². The summed E-state index contributed by atoms with van der Waals surface area (Å²) in [6, 6.07) is 4.21. The lowest BCUT2D eigenvalue weighted by atomic mass is 10.1. The molecule has 1 aliphatic heterocycles. The smallest absolute Gasteiger partial charge is 0.0962 e. The van der Waals surface area contributed by atoms with E-state index in [9.17, 15) is 5.11 Å². The average molecular weight is 246 g/mol. The van der Waals surface area contributed by atoms with Crippen molar-refractivity contribution < 1.29 is 9.84 Å². The van der Waals surface area contributed by atoms with Crippen molar-refractivity contribution in [1.29, 1.82) is 0 Å². The minimum Gasteiger partial charge on any atom is -0.391 e. The number of benzene rings is 1. The molecule has 4 heteroatoms. The van der Waals surface area contributed by atoms with E-state index in [2.05, 4.69) is 31.0 Å². The molecule has 0 aliphatic carbocycles. The molecule has 1 aromatic heterocycles. The molecule has 0 spiro atoms. The van der Waals surface area contributed by atoms with Crippen molar-refractivity contribution in [3.8, 4) is 0 Å². The third kappa shape index (κ3) is 1.82. The highest BCUT2D eigenvalue weighted by Gasteiger charge is 2.26. The number of rotatable bonds is 1. The molecule has 3 rings (SSSR count). The minimum absolute atomic E-state index is 0.0224. The summed E-state index contributed by atoms with van der Waals surface area (Å²) in [6.07, 6.45) is 2.15. The van der Waals surface area contributed by atoms with Crippen LogP contribution in [-0.4, -0.2) is 34.0 Å². The fourth-order valence-corrected chi connectivity index (χ4v) is 2.52. The highest BCUT2D eigenvalue weighted by Crippen LogP contribution is 2.26. The van der Waals surface area contributed by atoms with Gasteiger partial charge in [0.25, 0.3) is 0 Å². The Labute approximate surface area is 106 Å². The van der Waals surface area contributed by atoms with E-state index < -0.39 is 0 Å². The lowest BCUT2D eigenvalue weighted by molar-refractivity contribution is -0.0277. The van der Waals surface area contributed by atoms with Crippen molar-refractivity contribution in [3.63, 3.8) is 0 Å². The second kappa shape index (κ2) is 4.37. The second-order valence-corrected chi connectivity index (χ2v) is 5.08. The van der Waals surface area contributed by atoms with E-state index in [1.807, 2.05) is 10.9 Å². The second-order valence-electron chi connectivity index (χ2n) is 5.08. The maximum Gasteiger partial charge on any atom is 0.0962 e. The average Bonchev–Trinajstić information content (AvgIpc) is 2.73. The molecule has 2 unspecified atom stereocenters. The minimum atomic E-state index is -0.349. The van der Waals surface area contributed by atoms with E-state index in [0.717, 1.165) is 11.0 Å². The lowest BCUT2D eigenvalue weighted by Crippen LogP contribution is -2.33. The Balaban J connectivity index is 2.09. The van der Waals surface area contributed by atoms with Gasteiger partial charge in [-0.15, -0.1) is 0 Å². The van der Waals surface area contributed by atoms with E-state index in [1.165, 1.54) is 11.1 Å². The largest absolute Gasteiger partial charge is 0.391 e.